The minimum atomic E-state index is 0.448. The summed E-state index contributed by atoms with van der Waals surface area (Å²) in [7, 11) is 0. The Morgan fingerprint density at radius 3 is 2.54 bits per heavy atom. The first-order valence-corrected chi connectivity index (χ1v) is 9.11. The van der Waals surface area contributed by atoms with Crippen LogP contribution in [0.4, 0.5) is 0 Å². The largest absolute Gasteiger partial charge is 0.319 e. The normalized spacial score (nSPS) is 11.2. The molecule has 0 saturated heterocycles. The summed E-state index contributed by atoms with van der Waals surface area (Å²) in [5.41, 5.74) is 6.40. The summed E-state index contributed by atoms with van der Waals surface area (Å²) in [5.74, 6) is 0.808. The average Bonchev–Trinajstić information content (AvgIpc) is 2.93. The van der Waals surface area contributed by atoms with Gasteiger partial charge in [0, 0.05) is 17.8 Å². The third-order valence-corrected chi connectivity index (χ3v) is 5.13. The summed E-state index contributed by atoms with van der Waals surface area (Å²) in [6.45, 7) is 4.86. The van der Waals surface area contributed by atoms with Crippen molar-refractivity contribution in [1.82, 2.24) is 14.5 Å². The first-order chi connectivity index (χ1) is 12.5. The van der Waals surface area contributed by atoms with E-state index in [1.165, 1.54) is 11.1 Å². The summed E-state index contributed by atoms with van der Waals surface area (Å²) in [4.78, 5) is 9.08. The van der Waals surface area contributed by atoms with Gasteiger partial charge in [-0.05, 0) is 66.9 Å². The molecule has 3 nitrogen and oxygen atoms in total. The van der Waals surface area contributed by atoms with Gasteiger partial charge in [0.1, 0.15) is 11.0 Å². The molecule has 0 saturated carbocycles. The number of pyridine rings is 1. The fourth-order valence-electron chi connectivity index (χ4n) is 3.12. The van der Waals surface area contributed by atoms with Gasteiger partial charge >= 0.3 is 0 Å². The first-order valence-electron chi connectivity index (χ1n) is 8.36. The highest BCUT2D eigenvalue weighted by atomic mass is 35.5. The standard InChI is InChI=1S/C21H17Cl2N3/c1-13-9-18-19(10-14(13)2)26(12-15-5-3-6-16(22)11-15)21(25-18)17-7-4-8-24-20(17)23/h3-11H,12H2,1-2H3. The van der Waals surface area contributed by atoms with E-state index in [0.717, 1.165) is 33.0 Å². The van der Waals surface area contributed by atoms with E-state index in [-0.39, 0.29) is 0 Å². The van der Waals surface area contributed by atoms with E-state index in [1.807, 2.05) is 30.3 Å². The van der Waals surface area contributed by atoms with Crippen LogP contribution in [0.15, 0.2) is 54.7 Å². The second-order valence-electron chi connectivity index (χ2n) is 6.42. The number of hydrogen-bond donors (Lipinski definition) is 0. The molecule has 26 heavy (non-hydrogen) atoms. The van der Waals surface area contributed by atoms with Crippen LogP contribution in [-0.2, 0) is 6.54 Å². The smallest absolute Gasteiger partial charge is 0.144 e. The summed E-state index contributed by atoms with van der Waals surface area (Å²) >= 11 is 12.5. The highest BCUT2D eigenvalue weighted by Gasteiger charge is 2.17. The zero-order chi connectivity index (χ0) is 18.3. The molecule has 5 heteroatoms. The van der Waals surface area contributed by atoms with Gasteiger partial charge in [-0.15, -0.1) is 0 Å². The first kappa shape index (κ1) is 17.1. The molecule has 4 rings (SSSR count). The highest BCUT2D eigenvalue weighted by Crippen LogP contribution is 2.31. The fraction of sp³-hybridized carbons (Fsp3) is 0.143. The maximum Gasteiger partial charge on any atom is 0.144 e. The van der Waals surface area contributed by atoms with Crippen LogP contribution in [0.3, 0.4) is 0 Å². The van der Waals surface area contributed by atoms with Crippen LogP contribution < -0.4 is 0 Å². The predicted octanol–water partition coefficient (Wildman–Crippen LogP) is 6.07. The molecule has 0 amide bonds. The van der Waals surface area contributed by atoms with Gasteiger partial charge in [-0.1, -0.05) is 35.3 Å². The molecule has 2 aromatic carbocycles. The van der Waals surface area contributed by atoms with Gasteiger partial charge in [-0.25, -0.2) is 9.97 Å². The fourth-order valence-corrected chi connectivity index (χ4v) is 3.53. The molecule has 0 aliphatic rings. The lowest BCUT2D eigenvalue weighted by Crippen LogP contribution is -2.03. The number of nitrogens with zero attached hydrogens (tertiary/aromatic N) is 3. The minimum Gasteiger partial charge on any atom is -0.319 e. The van der Waals surface area contributed by atoms with Crippen molar-refractivity contribution >= 4 is 34.2 Å². The lowest BCUT2D eigenvalue weighted by atomic mass is 10.1. The number of hydrogen-bond acceptors (Lipinski definition) is 2. The zero-order valence-corrected chi connectivity index (χ0v) is 16.0. The van der Waals surface area contributed by atoms with E-state index in [1.54, 1.807) is 6.20 Å². The van der Waals surface area contributed by atoms with E-state index >= 15 is 0 Å². The third-order valence-electron chi connectivity index (χ3n) is 4.59. The molecule has 0 aliphatic heterocycles. The van der Waals surface area contributed by atoms with Crippen molar-refractivity contribution < 1.29 is 0 Å². The second kappa shape index (κ2) is 6.75. The molecule has 2 heterocycles. The molecular weight excluding hydrogens is 365 g/mol. The lowest BCUT2D eigenvalue weighted by molar-refractivity contribution is 0.833. The lowest BCUT2D eigenvalue weighted by Gasteiger charge is -2.11. The van der Waals surface area contributed by atoms with Crippen LogP contribution >= 0.6 is 23.2 Å². The van der Waals surface area contributed by atoms with Crippen molar-refractivity contribution in [2.45, 2.75) is 20.4 Å². The Morgan fingerprint density at radius 2 is 1.77 bits per heavy atom. The van der Waals surface area contributed by atoms with E-state index in [4.69, 9.17) is 28.2 Å². The van der Waals surface area contributed by atoms with Crippen LogP contribution in [0.25, 0.3) is 22.4 Å². The van der Waals surface area contributed by atoms with Crippen molar-refractivity contribution in [2.75, 3.05) is 0 Å². The number of imidazole rings is 1. The van der Waals surface area contributed by atoms with E-state index in [9.17, 15) is 0 Å². The van der Waals surface area contributed by atoms with Gasteiger partial charge in [0.05, 0.1) is 16.6 Å². The summed E-state index contributed by atoms with van der Waals surface area (Å²) in [6, 6.07) is 16.0. The predicted molar refractivity (Wildman–Crippen MR) is 108 cm³/mol. The number of benzene rings is 2. The van der Waals surface area contributed by atoms with Crippen LogP contribution in [0, 0.1) is 13.8 Å². The van der Waals surface area contributed by atoms with Gasteiger partial charge in [-0.2, -0.15) is 0 Å². The number of halogens is 2. The second-order valence-corrected chi connectivity index (χ2v) is 7.21. The Bertz CT molecular complexity index is 1120. The van der Waals surface area contributed by atoms with Gasteiger partial charge in [0.15, 0.2) is 0 Å². The van der Waals surface area contributed by atoms with Gasteiger partial charge in [-0.3, -0.25) is 0 Å². The molecule has 0 bridgehead atoms. The molecule has 2 aromatic heterocycles. The molecule has 0 aliphatic carbocycles. The van der Waals surface area contributed by atoms with Crippen molar-refractivity contribution in [3.63, 3.8) is 0 Å². The SMILES string of the molecule is Cc1cc2nc(-c3cccnc3Cl)n(Cc3cccc(Cl)c3)c2cc1C. The van der Waals surface area contributed by atoms with Gasteiger partial charge < -0.3 is 4.57 Å². The van der Waals surface area contributed by atoms with Crippen molar-refractivity contribution in [3.8, 4) is 11.4 Å². The molecule has 0 atom stereocenters. The molecule has 0 unspecified atom stereocenters. The van der Waals surface area contributed by atoms with Crippen LogP contribution in [0.2, 0.25) is 10.2 Å². The van der Waals surface area contributed by atoms with E-state index in [0.29, 0.717) is 11.7 Å². The minimum absolute atomic E-state index is 0.448. The van der Waals surface area contributed by atoms with E-state index in [2.05, 4.69) is 41.6 Å². The molecule has 0 spiro atoms. The number of rotatable bonds is 3. The molecular formula is C21H17Cl2N3. The van der Waals surface area contributed by atoms with Crippen molar-refractivity contribution in [3.05, 3.63) is 81.6 Å². The Morgan fingerprint density at radius 1 is 0.962 bits per heavy atom. The molecule has 0 radical (unpaired) electrons. The number of aryl methyl sites for hydroxylation is 2. The van der Waals surface area contributed by atoms with Crippen LogP contribution in [0.5, 0.6) is 0 Å². The van der Waals surface area contributed by atoms with Crippen molar-refractivity contribution in [1.29, 1.82) is 0 Å². The van der Waals surface area contributed by atoms with Gasteiger partial charge in [0.2, 0.25) is 0 Å². The maximum atomic E-state index is 6.36. The Kier molecular flexibility index (Phi) is 4.43. The quantitative estimate of drug-likeness (QED) is 0.403. The van der Waals surface area contributed by atoms with Gasteiger partial charge in [0.25, 0.3) is 0 Å². The van der Waals surface area contributed by atoms with Crippen LogP contribution in [0.1, 0.15) is 16.7 Å². The zero-order valence-electron chi connectivity index (χ0n) is 14.5. The summed E-state index contributed by atoms with van der Waals surface area (Å²) < 4.78 is 2.18. The van der Waals surface area contributed by atoms with Crippen LogP contribution in [-0.4, -0.2) is 14.5 Å². The topological polar surface area (TPSA) is 30.7 Å². The highest BCUT2D eigenvalue weighted by molar-refractivity contribution is 6.32. The average molecular weight is 382 g/mol. The summed E-state index contributed by atoms with van der Waals surface area (Å²) in [6.07, 6.45) is 1.68. The molecule has 0 fully saturated rings. The monoisotopic (exact) mass is 381 g/mol. The Labute approximate surface area is 162 Å². The number of fused-ring (bicyclic) bond motifs is 1. The maximum absolute atomic E-state index is 6.36. The van der Waals surface area contributed by atoms with Crippen molar-refractivity contribution in [2.24, 2.45) is 0 Å². The number of aromatic nitrogens is 3. The summed E-state index contributed by atoms with van der Waals surface area (Å²) in [5, 5.41) is 1.17. The Hall–Kier alpha value is -2.36. The molecule has 4 aromatic rings. The van der Waals surface area contributed by atoms with E-state index < -0.39 is 0 Å². The molecule has 130 valence electrons. The Balaban J connectivity index is 1.97. The molecule has 0 N–H and O–H groups in total. The third kappa shape index (κ3) is 3.09.